The smallest absolute Gasteiger partial charge is 0.238 e. The number of carbonyl (C=O) groups is 1. The van der Waals surface area contributed by atoms with Crippen LogP contribution in [0.1, 0.15) is 22.7 Å². The number of fused-ring (bicyclic) bond motifs is 5. The van der Waals surface area contributed by atoms with Crippen molar-refractivity contribution >= 4 is 11.6 Å². The fourth-order valence-corrected chi connectivity index (χ4v) is 3.76. The molecule has 5 heteroatoms. The van der Waals surface area contributed by atoms with Gasteiger partial charge in [0.15, 0.2) is 11.5 Å². The molecule has 1 atom stereocenters. The van der Waals surface area contributed by atoms with Gasteiger partial charge in [0.2, 0.25) is 5.91 Å². The highest BCUT2D eigenvalue weighted by molar-refractivity contribution is 5.94. The zero-order valence-corrected chi connectivity index (χ0v) is 13.8. The van der Waals surface area contributed by atoms with Gasteiger partial charge < -0.3 is 14.8 Å². The van der Waals surface area contributed by atoms with E-state index in [0.29, 0.717) is 6.54 Å². The molecule has 0 aromatic heterocycles. The van der Waals surface area contributed by atoms with Crippen molar-refractivity contribution in [2.75, 3.05) is 32.6 Å². The molecule has 4 rings (SSSR count). The second-order valence-electron chi connectivity index (χ2n) is 6.16. The Labute approximate surface area is 141 Å². The zero-order valence-electron chi connectivity index (χ0n) is 13.8. The van der Waals surface area contributed by atoms with Crippen molar-refractivity contribution in [3.8, 4) is 11.5 Å². The molecular formula is C19H20N2O3. The van der Waals surface area contributed by atoms with Gasteiger partial charge in [0.25, 0.3) is 0 Å². The van der Waals surface area contributed by atoms with Crippen LogP contribution in [0.3, 0.4) is 0 Å². The van der Waals surface area contributed by atoms with E-state index in [1.165, 1.54) is 11.1 Å². The number of rotatable bonds is 2. The summed E-state index contributed by atoms with van der Waals surface area (Å²) in [5, 5.41) is 3.02. The van der Waals surface area contributed by atoms with E-state index in [9.17, 15) is 4.79 Å². The number of nitrogens with zero attached hydrogens (tertiary/aromatic N) is 1. The van der Waals surface area contributed by atoms with Crippen LogP contribution in [0.25, 0.3) is 0 Å². The van der Waals surface area contributed by atoms with Gasteiger partial charge in [-0.2, -0.15) is 0 Å². The summed E-state index contributed by atoms with van der Waals surface area (Å²) < 4.78 is 10.9. The number of para-hydroxylation sites is 1. The first-order chi connectivity index (χ1) is 11.7. The van der Waals surface area contributed by atoms with Crippen LogP contribution in [0, 0.1) is 0 Å². The number of hydrogen-bond donors (Lipinski definition) is 1. The van der Waals surface area contributed by atoms with Gasteiger partial charge in [-0.25, -0.2) is 0 Å². The molecule has 124 valence electrons. The zero-order chi connectivity index (χ0) is 16.7. The number of carbonyl (C=O) groups excluding carboxylic acids is 1. The maximum atomic E-state index is 12.2. The molecule has 0 saturated heterocycles. The number of benzene rings is 2. The Morgan fingerprint density at radius 2 is 1.83 bits per heavy atom. The topological polar surface area (TPSA) is 50.8 Å². The summed E-state index contributed by atoms with van der Waals surface area (Å²) in [5.74, 6) is 1.51. The molecule has 24 heavy (non-hydrogen) atoms. The fraction of sp³-hybridized carbons (Fsp3) is 0.316. The van der Waals surface area contributed by atoms with E-state index in [1.54, 1.807) is 14.2 Å². The normalized spacial score (nSPS) is 19.4. The van der Waals surface area contributed by atoms with E-state index in [0.717, 1.165) is 35.7 Å². The molecule has 1 N–H and O–H groups in total. The van der Waals surface area contributed by atoms with Crippen molar-refractivity contribution < 1.29 is 14.3 Å². The summed E-state index contributed by atoms with van der Waals surface area (Å²) in [4.78, 5) is 14.5. The first kappa shape index (κ1) is 15.0. The van der Waals surface area contributed by atoms with Gasteiger partial charge in [-0.05, 0) is 41.3 Å². The number of anilines is 1. The molecule has 0 radical (unpaired) electrons. The minimum Gasteiger partial charge on any atom is -0.493 e. The fourth-order valence-electron chi connectivity index (χ4n) is 3.76. The molecule has 0 bridgehead atoms. The lowest BCUT2D eigenvalue weighted by molar-refractivity contribution is -0.117. The molecule has 2 heterocycles. The van der Waals surface area contributed by atoms with Crippen LogP contribution in [0.4, 0.5) is 5.69 Å². The summed E-state index contributed by atoms with van der Waals surface area (Å²) in [6.07, 6.45) is 0.891. The third-order valence-corrected chi connectivity index (χ3v) is 4.85. The summed E-state index contributed by atoms with van der Waals surface area (Å²) in [6.45, 7) is 1.24. The largest absolute Gasteiger partial charge is 0.493 e. The Kier molecular flexibility index (Phi) is 3.65. The van der Waals surface area contributed by atoms with E-state index < -0.39 is 0 Å². The molecule has 5 nitrogen and oxygen atoms in total. The summed E-state index contributed by atoms with van der Waals surface area (Å²) in [5.41, 5.74) is 4.44. The second kappa shape index (κ2) is 5.83. The van der Waals surface area contributed by atoms with Crippen molar-refractivity contribution in [2.24, 2.45) is 0 Å². The minimum atomic E-state index is 0.0360. The second-order valence-corrected chi connectivity index (χ2v) is 6.16. The molecule has 0 saturated carbocycles. The van der Waals surface area contributed by atoms with Crippen molar-refractivity contribution in [3.63, 3.8) is 0 Å². The first-order valence-electron chi connectivity index (χ1n) is 8.09. The van der Waals surface area contributed by atoms with Gasteiger partial charge in [0, 0.05) is 12.2 Å². The molecule has 1 amide bonds. The Hall–Kier alpha value is -2.53. The summed E-state index contributed by atoms with van der Waals surface area (Å²) in [7, 11) is 3.31. The van der Waals surface area contributed by atoms with Crippen LogP contribution >= 0.6 is 0 Å². The number of nitrogens with one attached hydrogen (secondary N) is 1. The number of amides is 1. The van der Waals surface area contributed by atoms with Crippen LogP contribution < -0.4 is 14.8 Å². The van der Waals surface area contributed by atoms with E-state index >= 15 is 0 Å². The molecule has 2 aliphatic rings. The highest BCUT2D eigenvalue weighted by atomic mass is 16.5. The maximum Gasteiger partial charge on any atom is 0.238 e. The average molecular weight is 324 g/mol. The average Bonchev–Trinajstić information content (AvgIpc) is 2.75. The van der Waals surface area contributed by atoms with Gasteiger partial charge in [0.05, 0.1) is 26.8 Å². The number of ether oxygens (including phenoxy) is 2. The first-order valence-corrected chi connectivity index (χ1v) is 8.09. The molecule has 0 spiro atoms. The third kappa shape index (κ3) is 2.32. The third-order valence-electron chi connectivity index (χ3n) is 4.85. The van der Waals surface area contributed by atoms with Crippen molar-refractivity contribution in [1.29, 1.82) is 0 Å². The lowest BCUT2D eigenvalue weighted by Gasteiger charge is -2.36. The number of hydrogen-bond acceptors (Lipinski definition) is 4. The van der Waals surface area contributed by atoms with E-state index in [1.807, 2.05) is 18.2 Å². The molecule has 2 aliphatic heterocycles. The molecule has 0 fully saturated rings. The van der Waals surface area contributed by atoms with Crippen molar-refractivity contribution in [2.45, 2.75) is 12.5 Å². The summed E-state index contributed by atoms with van der Waals surface area (Å²) in [6, 6.07) is 12.2. The number of methoxy groups -OCH3 is 2. The van der Waals surface area contributed by atoms with E-state index in [-0.39, 0.29) is 11.9 Å². The van der Waals surface area contributed by atoms with Crippen molar-refractivity contribution in [1.82, 2.24) is 4.90 Å². The van der Waals surface area contributed by atoms with Crippen LogP contribution in [-0.4, -0.2) is 38.1 Å². The standard InChI is InChI=1S/C19H20N2O3/c1-23-16-9-12-7-8-21-11-18(22)20-15-6-4-3-5-13(15)19(21)14(12)10-17(16)24-2/h3-6,9-10,19H,7-8,11H2,1-2H3,(H,20,22)/t19-/m0/s1. The van der Waals surface area contributed by atoms with Gasteiger partial charge >= 0.3 is 0 Å². The lowest BCUT2D eigenvalue weighted by Crippen LogP contribution is -2.38. The summed E-state index contributed by atoms with van der Waals surface area (Å²) >= 11 is 0. The highest BCUT2D eigenvalue weighted by Gasteiger charge is 2.34. The lowest BCUT2D eigenvalue weighted by atomic mass is 9.87. The van der Waals surface area contributed by atoms with Crippen molar-refractivity contribution in [3.05, 3.63) is 53.1 Å². The SMILES string of the molecule is COc1cc2c(cc1OC)[C@@H]1c3ccccc3NC(=O)CN1CC2. The van der Waals surface area contributed by atoms with Crippen LogP contribution in [-0.2, 0) is 11.2 Å². The Morgan fingerprint density at radius 1 is 1.08 bits per heavy atom. The Bertz CT molecular complexity index is 803. The predicted molar refractivity (Wildman–Crippen MR) is 91.7 cm³/mol. The minimum absolute atomic E-state index is 0.0360. The maximum absolute atomic E-state index is 12.2. The van der Waals surface area contributed by atoms with Crippen LogP contribution in [0.2, 0.25) is 0 Å². The van der Waals surface area contributed by atoms with E-state index in [2.05, 4.69) is 28.4 Å². The highest BCUT2D eigenvalue weighted by Crippen LogP contribution is 2.43. The van der Waals surface area contributed by atoms with Gasteiger partial charge in [-0.3, -0.25) is 9.69 Å². The van der Waals surface area contributed by atoms with E-state index in [4.69, 9.17) is 9.47 Å². The van der Waals surface area contributed by atoms with Gasteiger partial charge in [-0.1, -0.05) is 18.2 Å². The molecule has 0 unspecified atom stereocenters. The van der Waals surface area contributed by atoms with Gasteiger partial charge in [-0.15, -0.1) is 0 Å². The molecule has 2 aromatic rings. The molecular weight excluding hydrogens is 304 g/mol. The Morgan fingerprint density at radius 3 is 2.62 bits per heavy atom. The monoisotopic (exact) mass is 324 g/mol. The van der Waals surface area contributed by atoms with Gasteiger partial charge in [0.1, 0.15) is 0 Å². The van der Waals surface area contributed by atoms with Crippen LogP contribution in [0.15, 0.2) is 36.4 Å². The molecule has 0 aliphatic carbocycles. The quantitative estimate of drug-likeness (QED) is 0.922. The predicted octanol–water partition coefficient (Wildman–Crippen LogP) is 2.60. The molecule has 2 aromatic carbocycles. The Balaban J connectivity index is 1.91. The van der Waals surface area contributed by atoms with Crippen LogP contribution in [0.5, 0.6) is 11.5 Å².